The Bertz CT molecular complexity index is 606. The number of hydrogen-bond donors (Lipinski definition) is 1. The number of H-pyrrole nitrogens is 1. The molecule has 19 heavy (non-hydrogen) atoms. The molecule has 1 aromatic carbocycles. The Hall–Kier alpha value is -0.840. The number of unbranched alkanes of at least 4 members (excludes halogenated alkanes) is 1. The fourth-order valence-electron chi connectivity index (χ4n) is 2.08. The summed E-state index contributed by atoms with van der Waals surface area (Å²) in [6, 6.07) is 5.63. The summed E-state index contributed by atoms with van der Waals surface area (Å²) >= 11 is 17.5. The predicted octanol–water partition coefficient (Wildman–Crippen LogP) is 5.03. The van der Waals surface area contributed by atoms with Crippen LogP contribution in [0.2, 0.25) is 10.0 Å². The molecule has 0 amide bonds. The zero-order valence-electron chi connectivity index (χ0n) is 10.6. The molecule has 102 valence electrons. The largest absolute Gasteiger partial charge is 0.285 e. The highest BCUT2D eigenvalue weighted by Gasteiger charge is 2.17. The van der Waals surface area contributed by atoms with Crippen LogP contribution in [-0.4, -0.2) is 14.8 Å². The van der Waals surface area contributed by atoms with Gasteiger partial charge in [0.05, 0.1) is 6.04 Å². The normalized spacial score (nSPS) is 12.6. The van der Waals surface area contributed by atoms with E-state index < -0.39 is 0 Å². The van der Waals surface area contributed by atoms with Crippen LogP contribution >= 0.6 is 35.4 Å². The van der Waals surface area contributed by atoms with Crippen LogP contribution in [0.5, 0.6) is 0 Å². The average molecular weight is 316 g/mol. The Morgan fingerprint density at radius 2 is 2.21 bits per heavy atom. The molecule has 0 spiro atoms. The second-order valence-corrected chi connectivity index (χ2v) is 5.57. The fraction of sp³-hybridized carbons (Fsp3) is 0.385. The first-order valence-electron chi connectivity index (χ1n) is 6.20. The minimum absolute atomic E-state index is 0.0692. The van der Waals surface area contributed by atoms with Gasteiger partial charge in [-0.25, -0.2) is 4.98 Å². The number of aromatic amines is 1. The van der Waals surface area contributed by atoms with Crippen LogP contribution in [0.25, 0.3) is 0 Å². The summed E-state index contributed by atoms with van der Waals surface area (Å²) in [5.41, 5.74) is 1.01. The molecule has 1 aromatic heterocycles. The standard InChI is InChI=1S/C13H15Cl2N3S/c1-2-3-4-12(18-13(19)16-8-17-18)10-6-5-9(14)7-11(10)15/h5-8,12H,2-4H2,1H3,(H,16,17,19). The molecular weight excluding hydrogens is 301 g/mol. The third-order valence-corrected chi connectivity index (χ3v) is 3.91. The molecule has 0 saturated carbocycles. The molecule has 0 bridgehead atoms. The Morgan fingerprint density at radius 1 is 1.42 bits per heavy atom. The van der Waals surface area contributed by atoms with Gasteiger partial charge in [0, 0.05) is 10.0 Å². The second-order valence-electron chi connectivity index (χ2n) is 4.36. The maximum absolute atomic E-state index is 6.31. The van der Waals surface area contributed by atoms with Crippen molar-refractivity contribution in [3.05, 3.63) is 44.9 Å². The van der Waals surface area contributed by atoms with E-state index in [-0.39, 0.29) is 6.04 Å². The maximum atomic E-state index is 6.31. The lowest BCUT2D eigenvalue weighted by Crippen LogP contribution is -2.13. The molecule has 0 radical (unpaired) electrons. The molecule has 1 atom stereocenters. The van der Waals surface area contributed by atoms with Crippen LogP contribution in [0.1, 0.15) is 37.8 Å². The van der Waals surface area contributed by atoms with Crippen LogP contribution in [-0.2, 0) is 0 Å². The van der Waals surface area contributed by atoms with E-state index in [0.717, 1.165) is 24.8 Å². The van der Waals surface area contributed by atoms with Crippen molar-refractivity contribution in [1.82, 2.24) is 14.8 Å². The molecule has 0 saturated heterocycles. The van der Waals surface area contributed by atoms with Gasteiger partial charge in [0.15, 0.2) is 0 Å². The molecule has 1 unspecified atom stereocenters. The van der Waals surface area contributed by atoms with E-state index in [1.54, 1.807) is 12.4 Å². The Labute approximate surface area is 127 Å². The van der Waals surface area contributed by atoms with E-state index in [2.05, 4.69) is 17.0 Å². The lowest BCUT2D eigenvalue weighted by atomic mass is 10.0. The molecule has 1 N–H and O–H groups in total. The summed E-state index contributed by atoms with van der Waals surface area (Å²) in [6.07, 6.45) is 4.76. The number of halogens is 2. The first-order valence-corrected chi connectivity index (χ1v) is 7.36. The third kappa shape index (κ3) is 3.38. The second kappa shape index (κ2) is 6.55. The van der Waals surface area contributed by atoms with Crippen LogP contribution in [0, 0.1) is 4.77 Å². The van der Waals surface area contributed by atoms with Gasteiger partial charge in [-0.3, -0.25) is 9.78 Å². The topological polar surface area (TPSA) is 33.6 Å². The van der Waals surface area contributed by atoms with Gasteiger partial charge in [0.25, 0.3) is 0 Å². The van der Waals surface area contributed by atoms with E-state index in [9.17, 15) is 0 Å². The Kier molecular flexibility index (Phi) is 5.02. The predicted molar refractivity (Wildman–Crippen MR) is 81.5 cm³/mol. The number of nitrogens with one attached hydrogen (secondary N) is 1. The van der Waals surface area contributed by atoms with Crippen molar-refractivity contribution in [1.29, 1.82) is 0 Å². The highest BCUT2D eigenvalue weighted by Crippen LogP contribution is 2.31. The van der Waals surface area contributed by atoms with E-state index >= 15 is 0 Å². The number of rotatable bonds is 5. The van der Waals surface area contributed by atoms with Gasteiger partial charge in [-0.15, -0.1) is 0 Å². The van der Waals surface area contributed by atoms with Crippen molar-refractivity contribution in [3.8, 4) is 0 Å². The number of hydrogen-bond acceptors (Lipinski definition) is 2. The van der Waals surface area contributed by atoms with E-state index in [1.165, 1.54) is 0 Å². The Balaban J connectivity index is 2.43. The van der Waals surface area contributed by atoms with Crippen LogP contribution in [0.3, 0.4) is 0 Å². The zero-order chi connectivity index (χ0) is 13.8. The van der Waals surface area contributed by atoms with E-state index in [4.69, 9.17) is 35.4 Å². The first-order chi connectivity index (χ1) is 9.13. The molecule has 2 aromatic rings. The van der Waals surface area contributed by atoms with E-state index in [0.29, 0.717) is 14.8 Å². The summed E-state index contributed by atoms with van der Waals surface area (Å²) < 4.78 is 2.41. The first kappa shape index (κ1) is 14.6. The van der Waals surface area contributed by atoms with Crippen molar-refractivity contribution in [3.63, 3.8) is 0 Å². The van der Waals surface area contributed by atoms with Crippen molar-refractivity contribution in [2.24, 2.45) is 0 Å². The lowest BCUT2D eigenvalue weighted by Gasteiger charge is -2.19. The monoisotopic (exact) mass is 315 g/mol. The molecular formula is C13H15Cl2N3S. The van der Waals surface area contributed by atoms with Crippen LogP contribution < -0.4 is 0 Å². The van der Waals surface area contributed by atoms with Gasteiger partial charge >= 0.3 is 0 Å². The molecule has 0 aliphatic heterocycles. The van der Waals surface area contributed by atoms with Crippen molar-refractivity contribution >= 4 is 35.4 Å². The highest BCUT2D eigenvalue weighted by atomic mass is 35.5. The van der Waals surface area contributed by atoms with Gasteiger partial charge in [0.2, 0.25) is 4.77 Å². The minimum atomic E-state index is 0.0692. The molecule has 6 heteroatoms. The van der Waals surface area contributed by atoms with Gasteiger partial charge in [-0.05, 0) is 36.3 Å². The molecule has 1 heterocycles. The van der Waals surface area contributed by atoms with Gasteiger partial charge < -0.3 is 0 Å². The molecule has 3 nitrogen and oxygen atoms in total. The molecule has 0 fully saturated rings. The smallest absolute Gasteiger partial charge is 0.216 e. The maximum Gasteiger partial charge on any atom is 0.216 e. The SMILES string of the molecule is CCCCC(c1ccc(Cl)cc1Cl)n1[nH]cnc1=S. The van der Waals surface area contributed by atoms with Crippen LogP contribution in [0.15, 0.2) is 24.5 Å². The zero-order valence-corrected chi connectivity index (χ0v) is 12.9. The summed E-state index contributed by atoms with van der Waals surface area (Å²) in [4.78, 5) is 4.07. The summed E-state index contributed by atoms with van der Waals surface area (Å²) in [6.45, 7) is 2.16. The fourth-order valence-corrected chi connectivity index (χ4v) is 2.85. The lowest BCUT2D eigenvalue weighted by molar-refractivity contribution is 0.466. The number of nitrogens with zero attached hydrogens (tertiary/aromatic N) is 2. The van der Waals surface area contributed by atoms with E-state index in [1.807, 2.05) is 16.8 Å². The van der Waals surface area contributed by atoms with Crippen LogP contribution in [0.4, 0.5) is 0 Å². The summed E-state index contributed by atoms with van der Waals surface area (Å²) in [5.74, 6) is 0. The highest BCUT2D eigenvalue weighted by molar-refractivity contribution is 7.71. The molecule has 0 aliphatic rings. The Morgan fingerprint density at radius 3 is 2.79 bits per heavy atom. The van der Waals surface area contributed by atoms with Crippen molar-refractivity contribution < 1.29 is 0 Å². The third-order valence-electron chi connectivity index (χ3n) is 3.04. The molecule has 0 aliphatic carbocycles. The molecule has 2 rings (SSSR count). The number of aromatic nitrogens is 3. The quantitative estimate of drug-likeness (QED) is 0.785. The minimum Gasteiger partial charge on any atom is -0.285 e. The van der Waals surface area contributed by atoms with Crippen molar-refractivity contribution in [2.45, 2.75) is 32.2 Å². The van der Waals surface area contributed by atoms with Crippen molar-refractivity contribution in [2.75, 3.05) is 0 Å². The summed E-state index contributed by atoms with van der Waals surface area (Å²) in [7, 11) is 0. The van der Waals surface area contributed by atoms with Gasteiger partial charge in [-0.2, -0.15) is 0 Å². The number of benzene rings is 1. The summed E-state index contributed by atoms with van der Waals surface area (Å²) in [5, 5.41) is 4.36. The average Bonchev–Trinajstić information content (AvgIpc) is 2.78. The van der Waals surface area contributed by atoms with Gasteiger partial charge in [-0.1, -0.05) is 49.0 Å². The van der Waals surface area contributed by atoms with Gasteiger partial charge in [0.1, 0.15) is 6.33 Å².